The van der Waals surface area contributed by atoms with Crippen molar-refractivity contribution in [1.29, 1.82) is 0 Å². The molecule has 134 valence electrons. The topological polar surface area (TPSA) is 97.3 Å². The van der Waals surface area contributed by atoms with Gasteiger partial charge in [0.1, 0.15) is 6.61 Å². The van der Waals surface area contributed by atoms with Crippen LogP contribution in [0.1, 0.15) is 13.3 Å². The fourth-order valence-corrected chi connectivity index (χ4v) is 2.28. The molecule has 0 aliphatic heterocycles. The summed E-state index contributed by atoms with van der Waals surface area (Å²) in [6.45, 7) is 2.63. The van der Waals surface area contributed by atoms with Crippen molar-refractivity contribution in [1.82, 2.24) is 14.9 Å². The Morgan fingerprint density at radius 1 is 1.28 bits per heavy atom. The molecule has 0 fully saturated rings. The molecule has 0 saturated heterocycles. The number of anilines is 2. The molecule has 1 atom stereocenters. The van der Waals surface area contributed by atoms with Gasteiger partial charge in [-0.05, 0) is 24.6 Å². The van der Waals surface area contributed by atoms with Gasteiger partial charge < -0.3 is 25.3 Å². The summed E-state index contributed by atoms with van der Waals surface area (Å²) >= 11 is 0. The molecule has 1 aromatic carbocycles. The van der Waals surface area contributed by atoms with Crippen molar-refractivity contribution >= 4 is 23.3 Å². The van der Waals surface area contributed by atoms with E-state index in [0.29, 0.717) is 17.9 Å². The SMILES string of the molecule is CC[C@H](Cn1ccnc1)NC(=O)Nc1cccc(NC(=O)COC)c1. The van der Waals surface area contributed by atoms with Crippen LogP contribution in [0.25, 0.3) is 0 Å². The minimum atomic E-state index is -0.299. The van der Waals surface area contributed by atoms with Gasteiger partial charge in [0, 0.05) is 43.5 Å². The van der Waals surface area contributed by atoms with Gasteiger partial charge in [-0.25, -0.2) is 9.78 Å². The number of amides is 3. The second kappa shape index (κ2) is 9.43. The molecule has 3 amide bonds. The third kappa shape index (κ3) is 6.27. The fourth-order valence-electron chi connectivity index (χ4n) is 2.28. The fraction of sp³-hybridized carbons (Fsp3) is 0.353. The normalized spacial score (nSPS) is 11.6. The van der Waals surface area contributed by atoms with Crippen LogP contribution in [-0.4, -0.2) is 41.2 Å². The standard InChI is InChI=1S/C17H23N5O3/c1-3-13(10-22-8-7-18-12-22)20-17(24)21-15-6-4-5-14(9-15)19-16(23)11-25-2/h4-9,12-13H,3,10-11H2,1-2H3,(H,19,23)(H2,20,21,24)/t13-/m1/s1. The highest BCUT2D eigenvalue weighted by Gasteiger charge is 2.11. The van der Waals surface area contributed by atoms with Gasteiger partial charge in [0.05, 0.1) is 6.33 Å². The Morgan fingerprint density at radius 2 is 2.04 bits per heavy atom. The molecular formula is C17H23N5O3. The third-order valence-corrected chi connectivity index (χ3v) is 3.50. The van der Waals surface area contributed by atoms with Crippen LogP contribution in [0.15, 0.2) is 43.0 Å². The Kier molecular flexibility index (Phi) is 6.97. The molecule has 0 radical (unpaired) electrons. The lowest BCUT2D eigenvalue weighted by molar-refractivity contribution is -0.119. The highest BCUT2D eigenvalue weighted by Crippen LogP contribution is 2.15. The maximum Gasteiger partial charge on any atom is 0.319 e. The summed E-state index contributed by atoms with van der Waals surface area (Å²) in [5.74, 6) is -0.254. The summed E-state index contributed by atoms with van der Waals surface area (Å²) in [4.78, 5) is 27.7. The number of imidazole rings is 1. The first-order valence-corrected chi connectivity index (χ1v) is 8.02. The van der Waals surface area contributed by atoms with Crippen molar-refractivity contribution in [2.24, 2.45) is 0 Å². The predicted octanol–water partition coefficient (Wildman–Crippen LogP) is 2.07. The number of carbonyl (C=O) groups is 2. The smallest absolute Gasteiger partial charge is 0.319 e. The molecule has 8 heteroatoms. The summed E-state index contributed by atoms with van der Waals surface area (Å²) < 4.78 is 6.69. The van der Waals surface area contributed by atoms with E-state index in [1.165, 1.54) is 7.11 Å². The van der Waals surface area contributed by atoms with Crippen molar-refractivity contribution in [2.75, 3.05) is 24.4 Å². The molecule has 0 saturated carbocycles. The average Bonchev–Trinajstić information content (AvgIpc) is 3.07. The summed E-state index contributed by atoms with van der Waals surface area (Å²) in [5.41, 5.74) is 1.18. The highest BCUT2D eigenvalue weighted by molar-refractivity contribution is 5.94. The molecule has 0 unspecified atom stereocenters. The molecule has 0 spiro atoms. The molecule has 25 heavy (non-hydrogen) atoms. The van der Waals surface area contributed by atoms with E-state index in [2.05, 4.69) is 20.9 Å². The number of nitrogens with zero attached hydrogens (tertiary/aromatic N) is 2. The van der Waals surface area contributed by atoms with Gasteiger partial charge in [0.25, 0.3) is 0 Å². The number of nitrogens with one attached hydrogen (secondary N) is 3. The molecule has 0 aliphatic carbocycles. The number of methoxy groups -OCH3 is 1. The van der Waals surface area contributed by atoms with E-state index in [-0.39, 0.29) is 24.6 Å². The van der Waals surface area contributed by atoms with Gasteiger partial charge in [0.15, 0.2) is 0 Å². The van der Waals surface area contributed by atoms with Crippen LogP contribution in [0.5, 0.6) is 0 Å². The zero-order valence-corrected chi connectivity index (χ0v) is 14.4. The van der Waals surface area contributed by atoms with Gasteiger partial charge in [-0.15, -0.1) is 0 Å². The van der Waals surface area contributed by atoms with E-state index < -0.39 is 0 Å². The van der Waals surface area contributed by atoms with Crippen LogP contribution in [-0.2, 0) is 16.1 Å². The Bertz CT molecular complexity index is 687. The Labute approximate surface area is 146 Å². The van der Waals surface area contributed by atoms with E-state index >= 15 is 0 Å². The number of ether oxygens (including phenoxy) is 1. The van der Waals surface area contributed by atoms with Crippen LogP contribution in [0, 0.1) is 0 Å². The third-order valence-electron chi connectivity index (χ3n) is 3.50. The number of rotatable bonds is 8. The number of benzene rings is 1. The molecule has 0 aliphatic rings. The van der Waals surface area contributed by atoms with Gasteiger partial charge in [0.2, 0.25) is 5.91 Å². The zero-order chi connectivity index (χ0) is 18.1. The molecule has 2 aromatic rings. The van der Waals surface area contributed by atoms with Gasteiger partial charge in [-0.1, -0.05) is 13.0 Å². The van der Waals surface area contributed by atoms with Crippen LogP contribution in [0.3, 0.4) is 0 Å². The van der Waals surface area contributed by atoms with Crippen LogP contribution >= 0.6 is 0 Å². The minimum absolute atomic E-state index is 0.0150. The molecular weight excluding hydrogens is 322 g/mol. The second-order valence-electron chi connectivity index (χ2n) is 5.53. The van der Waals surface area contributed by atoms with Crippen molar-refractivity contribution < 1.29 is 14.3 Å². The van der Waals surface area contributed by atoms with E-state index in [0.717, 1.165) is 6.42 Å². The quantitative estimate of drug-likeness (QED) is 0.682. The van der Waals surface area contributed by atoms with Gasteiger partial charge >= 0.3 is 6.03 Å². The van der Waals surface area contributed by atoms with Crippen molar-refractivity contribution in [3.05, 3.63) is 43.0 Å². The van der Waals surface area contributed by atoms with Gasteiger partial charge in [-0.2, -0.15) is 0 Å². The Morgan fingerprint density at radius 3 is 2.68 bits per heavy atom. The molecule has 3 N–H and O–H groups in total. The minimum Gasteiger partial charge on any atom is -0.375 e. The molecule has 2 rings (SSSR count). The number of aromatic nitrogens is 2. The van der Waals surface area contributed by atoms with Crippen LogP contribution in [0.4, 0.5) is 16.2 Å². The summed E-state index contributed by atoms with van der Waals surface area (Å²) in [7, 11) is 1.45. The molecule has 0 bridgehead atoms. The van der Waals surface area contributed by atoms with E-state index in [4.69, 9.17) is 4.74 Å². The summed E-state index contributed by atoms with van der Waals surface area (Å²) in [6, 6.07) is 6.61. The van der Waals surface area contributed by atoms with Crippen molar-refractivity contribution in [2.45, 2.75) is 25.9 Å². The lowest BCUT2D eigenvalue weighted by Crippen LogP contribution is -2.40. The zero-order valence-electron chi connectivity index (χ0n) is 14.4. The van der Waals surface area contributed by atoms with E-state index in [9.17, 15) is 9.59 Å². The number of hydrogen-bond donors (Lipinski definition) is 3. The summed E-state index contributed by atoms with van der Waals surface area (Å²) in [5, 5.41) is 8.39. The second-order valence-corrected chi connectivity index (χ2v) is 5.53. The Hall–Kier alpha value is -2.87. The predicted molar refractivity (Wildman–Crippen MR) is 95.4 cm³/mol. The van der Waals surface area contributed by atoms with Crippen molar-refractivity contribution in [3.63, 3.8) is 0 Å². The molecule has 1 heterocycles. The molecule has 1 aromatic heterocycles. The average molecular weight is 345 g/mol. The maximum atomic E-state index is 12.2. The largest absolute Gasteiger partial charge is 0.375 e. The number of hydrogen-bond acceptors (Lipinski definition) is 4. The first-order valence-electron chi connectivity index (χ1n) is 8.02. The Balaban J connectivity index is 1.89. The first-order chi connectivity index (χ1) is 12.1. The van der Waals surface area contributed by atoms with Gasteiger partial charge in [-0.3, -0.25) is 4.79 Å². The van der Waals surface area contributed by atoms with Crippen LogP contribution in [0.2, 0.25) is 0 Å². The van der Waals surface area contributed by atoms with E-state index in [1.807, 2.05) is 17.7 Å². The maximum absolute atomic E-state index is 12.2. The lowest BCUT2D eigenvalue weighted by atomic mass is 10.2. The monoisotopic (exact) mass is 345 g/mol. The highest BCUT2D eigenvalue weighted by atomic mass is 16.5. The van der Waals surface area contributed by atoms with Crippen LogP contribution < -0.4 is 16.0 Å². The van der Waals surface area contributed by atoms with E-state index in [1.54, 1.807) is 36.8 Å². The molecule has 8 nitrogen and oxygen atoms in total. The number of urea groups is 1. The first kappa shape index (κ1) is 18.5. The number of carbonyl (C=O) groups excluding carboxylic acids is 2. The van der Waals surface area contributed by atoms with Crippen molar-refractivity contribution in [3.8, 4) is 0 Å². The summed E-state index contributed by atoms with van der Waals surface area (Å²) in [6.07, 6.45) is 6.07. The lowest BCUT2D eigenvalue weighted by Gasteiger charge is -2.18.